The van der Waals surface area contributed by atoms with Gasteiger partial charge in [-0.1, -0.05) is 12.1 Å². The number of nitrogens with zero attached hydrogens (tertiary/aromatic N) is 1. The van der Waals surface area contributed by atoms with E-state index >= 15 is 0 Å². The predicted molar refractivity (Wildman–Crippen MR) is 82.0 cm³/mol. The highest BCUT2D eigenvalue weighted by Gasteiger charge is 2.32. The molecule has 1 aliphatic heterocycles. The summed E-state index contributed by atoms with van der Waals surface area (Å²) in [5, 5.41) is 3.22. The molecule has 0 amide bonds. The Bertz CT molecular complexity index is 503. The Hall–Kier alpha value is -1.47. The minimum Gasteiger partial charge on any atom is -0.493 e. The number of hydrogen-bond acceptors (Lipinski definition) is 4. The van der Waals surface area contributed by atoms with E-state index in [0.717, 1.165) is 18.7 Å². The van der Waals surface area contributed by atoms with Crippen LogP contribution >= 0.6 is 0 Å². The molecular weight excluding hydrogens is 309 g/mol. The van der Waals surface area contributed by atoms with Crippen molar-refractivity contribution in [3.05, 3.63) is 23.8 Å². The van der Waals surface area contributed by atoms with Gasteiger partial charge in [0.05, 0.1) is 14.2 Å². The van der Waals surface area contributed by atoms with Gasteiger partial charge in [0, 0.05) is 44.2 Å². The van der Waals surface area contributed by atoms with Crippen molar-refractivity contribution in [2.75, 3.05) is 40.4 Å². The Labute approximate surface area is 134 Å². The molecule has 0 aromatic heterocycles. The molecule has 0 unspecified atom stereocenters. The van der Waals surface area contributed by atoms with E-state index in [1.54, 1.807) is 12.1 Å². The van der Waals surface area contributed by atoms with E-state index < -0.39 is 12.6 Å². The number of nitrogens with one attached hydrogen (secondary N) is 1. The van der Waals surface area contributed by atoms with Crippen LogP contribution in [0.5, 0.6) is 11.5 Å². The first-order valence-corrected chi connectivity index (χ1v) is 7.68. The summed E-state index contributed by atoms with van der Waals surface area (Å²) in [4.78, 5) is 2.08. The van der Waals surface area contributed by atoms with Gasteiger partial charge in [-0.05, 0) is 12.5 Å². The first kappa shape index (κ1) is 17.9. The lowest BCUT2D eigenvalue weighted by Crippen LogP contribution is -2.45. The number of alkyl halides is 3. The van der Waals surface area contributed by atoms with E-state index in [0.29, 0.717) is 24.6 Å². The third kappa shape index (κ3) is 4.75. The van der Waals surface area contributed by atoms with Crippen molar-refractivity contribution in [2.45, 2.75) is 25.1 Å². The quantitative estimate of drug-likeness (QED) is 0.868. The number of para-hydroxylation sites is 1. The summed E-state index contributed by atoms with van der Waals surface area (Å²) in [5.41, 5.74) is 0.748. The Morgan fingerprint density at radius 1 is 1.17 bits per heavy atom. The second-order valence-electron chi connectivity index (χ2n) is 5.54. The molecule has 1 atom stereocenters. The number of ether oxygens (including phenoxy) is 2. The van der Waals surface area contributed by atoms with Crippen molar-refractivity contribution in [3.63, 3.8) is 0 Å². The first-order valence-electron chi connectivity index (χ1n) is 7.68. The monoisotopic (exact) mass is 332 g/mol. The molecule has 7 heteroatoms. The highest BCUT2D eigenvalue weighted by atomic mass is 19.4. The number of piperazine rings is 1. The van der Waals surface area contributed by atoms with Gasteiger partial charge in [0.25, 0.3) is 0 Å². The molecule has 1 aromatic carbocycles. The van der Waals surface area contributed by atoms with E-state index in [9.17, 15) is 13.2 Å². The SMILES string of the molecule is COc1cccc([C@H](CCC(F)(F)F)N2CCNCC2)c1OC. The van der Waals surface area contributed by atoms with Crippen molar-refractivity contribution in [3.8, 4) is 11.5 Å². The summed E-state index contributed by atoms with van der Waals surface area (Å²) in [6.07, 6.45) is -4.98. The van der Waals surface area contributed by atoms with Gasteiger partial charge >= 0.3 is 6.18 Å². The van der Waals surface area contributed by atoms with Crippen LogP contribution in [0.2, 0.25) is 0 Å². The summed E-state index contributed by atoms with van der Waals surface area (Å²) in [6, 6.07) is 5.02. The van der Waals surface area contributed by atoms with E-state index in [1.165, 1.54) is 14.2 Å². The lowest BCUT2D eigenvalue weighted by Gasteiger charge is -2.36. The van der Waals surface area contributed by atoms with Crippen LogP contribution < -0.4 is 14.8 Å². The topological polar surface area (TPSA) is 33.7 Å². The normalized spacial score (nSPS) is 17.8. The van der Waals surface area contributed by atoms with Crippen molar-refractivity contribution in [1.29, 1.82) is 0 Å². The Kier molecular flexibility index (Phi) is 6.12. The zero-order valence-electron chi connectivity index (χ0n) is 13.4. The van der Waals surface area contributed by atoms with Gasteiger partial charge in [-0.3, -0.25) is 4.90 Å². The molecule has 4 nitrogen and oxygen atoms in total. The average molecular weight is 332 g/mol. The second-order valence-corrected chi connectivity index (χ2v) is 5.54. The molecule has 23 heavy (non-hydrogen) atoms. The minimum absolute atomic E-state index is 0.00697. The molecule has 130 valence electrons. The van der Waals surface area contributed by atoms with Crippen LogP contribution in [0.15, 0.2) is 18.2 Å². The smallest absolute Gasteiger partial charge is 0.389 e. The molecular formula is C16H23F3N2O2. The third-order valence-corrected chi connectivity index (χ3v) is 4.09. The molecule has 0 saturated carbocycles. The molecule has 0 spiro atoms. The molecule has 0 radical (unpaired) electrons. The van der Waals surface area contributed by atoms with Crippen LogP contribution in [-0.4, -0.2) is 51.5 Å². The zero-order valence-corrected chi connectivity index (χ0v) is 13.4. The Morgan fingerprint density at radius 3 is 2.43 bits per heavy atom. The molecule has 1 aromatic rings. The van der Waals surface area contributed by atoms with Gasteiger partial charge in [-0.25, -0.2) is 0 Å². The lowest BCUT2D eigenvalue weighted by atomic mass is 9.97. The van der Waals surface area contributed by atoms with Crippen molar-refractivity contribution in [1.82, 2.24) is 10.2 Å². The molecule has 0 bridgehead atoms. The second kappa shape index (κ2) is 7.88. The maximum absolute atomic E-state index is 12.7. The number of halogens is 3. The summed E-state index contributed by atoms with van der Waals surface area (Å²) >= 11 is 0. The fourth-order valence-electron chi connectivity index (χ4n) is 3.00. The van der Waals surface area contributed by atoms with Crippen LogP contribution in [0.1, 0.15) is 24.4 Å². The fraction of sp³-hybridized carbons (Fsp3) is 0.625. The standard InChI is InChI=1S/C16H23F3N2O2/c1-22-14-5-3-4-12(15(14)23-2)13(6-7-16(17,18)19)21-10-8-20-9-11-21/h3-5,13,20H,6-11H2,1-2H3/t13-/m0/s1. The largest absolute Gasteiger partial charge is 0.493 e. The summed E-state index contributed by atoms with van der Waals surface area (Å²) in [5.74, 6) is 1.05. The first-order chi connectivity index (χ1) is 11.0. The van der Waals surface area contributed by atoms with E-state index in [2.05, 4.69) is 10.2 Å². The summed E-state index contributed by atoms with van der Waals surface area (Å²) in [7, 11) is 3.04. The molecule has 1 saturated heterocycles. The molecule has 0 aliphatic carbocycles. The third-order valence-electron chi connectivity index (χ3n) is 4.09. The maximum Gasteiger partial charge on any atom is 0.389 e. The van der Waals surface area contributed by atoms with Crippen molar-refractivity contribution >= 4 is 0 Å². The fourth-order valence-corrected chi connectivity index (χ4v) is 3.00. The van der Waals surface area contributed by atoms with Gasteiger partial charge in [0.15, 0.2) is 11.5 Å². The van der Waals surface area contributed by atoms with Crippen molar-refractivity contribution in [2.24, 2.45) is 0 Å². The highest BCUT2D eigenvalue weighted by Crippen LogP contribution is 2.40. The van der Waals surface area contributed by atoms with Gasteiger partial charge in [0.2, 0.25) is 0 Å². The Morgan fingerprint density at radius 2 is 1.87 bits per heavy atom. The van der Waals surface area contributed by atoms with Crippen molar-refractivity contribution < 1.29 is 22.6 Å². The lowest BCUT2D eigenvalue weighted by molar-refractivity contribution is -0.138. The molecule has 1 N–H and O–H groups in total. The van der Waals surface area contributed by atoms with E-state index in [4.69, 9.17) is 9.47 Å². The van der Waals surface area contributed by atoms with E-state index in [1.807, 2.05) is 6.07 Å². The van der Waals surface area contributed by atoms with Crippen LogP contribution in [0, 0.1) is 0 Å². The molecule has 2 rings (SSSR count). The number of rotatable bonds is 6. The molecule has 1 aliphatic rings. The predicted octanol–water partition coefficient (Wildman–Crippen LogP) is 2.99. The highest BCUT2D eigenvalue weighted by molar-refractivity contribution is 5.48. The van der Waals surface area contributed by atoms with Gasteiger partial charge < -0.3 is 14.8 Å². The average Bonchev–Trinajstić information content (AvgIpc) is 2.54. The van der Waals surface area contributed by atoms with Gasteiger partial charge in [-0.15, -0.1) is 0 Å². The molecule has 1 fully saturated rings. The van der Waals surface area contributed by atoms with Gasteiger partial charge in [0.1, 0.15) is 0 Å². The Balaban J connectivity index is 2.32. The van der Waals surface area contributed by atoms with Crippen LogP contribution in [0.4, 0.5) is 13.2 Å². The zero-order chi connectivity index (χ0) is 16.9. The molecule has 1 heterocycles. The van der Waals surface area contributed by atoms with Crippen LogP contribution in [-0.2, 0) is 0 Å². The number of methoxy groups -OCH3 is 2. The maximum atomic E-state index is 12.7. The van der Waals surface area contributed by atoms with Gasteiger partial charge in [-0.2, -0.15) is 13.2 Å². The summed E-state index contributed by atoms with van der Waals surface area (Å²) < 4.78 is 48.9. The van der Waals surface area contributed by atoms with Crippen LogP contribution in [0.3, 0.4) is 0 Å². The number of hydrogen-bond donors (Lipinski definition) is 1. The van der Waals surface area contributed by atoms with Crippen LogP contribution in [0.25, 0.3) is 0 Å². The number of benzene rings is 1. The summed E-state index contributed by atoms with van der Waals surface area (Å²) in [6.45, 7) is 2.97. The minimum atomic E-state index is -4.17. The van der Waals surface area contributed by atoms with E-state index in [-0.39, 0.29) is 12.5 Å².